The zero-order valence-corrected chi connectivity index (χ0v) is 12.2. The number of carboxylic acids is 1. The molecule has 0 spiro atoms. The molecule has 2 heterocycles. The molecule has 8 heteroatoms. The summed E-state index contributed by atoms with van der Waals surface area (Å²) < 4.78 is 31.3. The van der Waals surface area contributed by atoms with E-state index in [-0.39, 0.29) is 12.1 Å². The van der Waals surface area contributed by atoms with Crippen LogP contribution in [0.2, 0.25) is 5.02 Å². The second-order valence-corrected chi connectivity index (χ2v) is 6.66. The number of sulfonamides is 1. The molecule has 2 aromatic rings. The third-order valence-electron chi connectivity index (χ3n) is 3.31. The van der Waals surface area contributed by atoms with Crippen molar-refractivity contribution in [1.82, 2.24) is 0 Å². The van der Waals surface area contributed by atoms with E-state index >= 15 is 0 Å². The van der Waals surface area contributed by atoms with E-state index in [4.69, 9.17) is 21.1 Å². The first-order chi connectivity index (χ1) is 9.93. The molecule has 3 rings (SSSR count). The molecule has 0 unspecified atom stereocenters. The topological polar surface area (TPSA) is 87.8 Å². The average Bonchev–Trinajstić information content (AvgIpc) is 3.06. The third kappa shape index (κ3) is 2.09. The molecule has 110 valence electrons. The van der Waals surface area contributed by atoms with E-state index in [0.29, 0.717) is 17.1 Å². The van der Waals surface area contributed by atoms with Gasteiger partial charge in [0.25, 0.3) is 15.1 Å². The van der Waals surface area contributed by atoms with Gasteiger partial charge in [-0.3, -0.25) is 4.31 Å². The number of nitrogens with zero attached hydrogens (tertiary/aromatic N) is 1. The Balaban J connectivity index is 2.12. The van der Waals surface area contributed by atoms with Gasteiger partial charge in [0.2, 0.25) is 0 Å². The number of benzene rings is 1. The minimum absolute atomic E-state index is 0.196. The van der Waals surface area contributed by atoms with Gasteiger partial charge >= 0.3 is 5.97 Å². The second-order valence-electron chi connectivity index (χ2n) is 4.49. The first-order valence-electron chi connectivity index (χ1n) is 6.04. The van der Waals surface area contributed by atoms with Crippen molar-refractivity contribution in [3.05, 3.63) is 46.7 Å². The molecule has 1 N–H and O–H groups in total. The van der Waals surface area contributed by atoms with Crippen molar-refractivity contribution in [1.29, 1.82) is 0 Å². The van der Waals surface area contributed by atoms with Crippen LogP contribution in [-0.4, -0.2) is 26.0 Å². The standard InChI is InChI=1S/C13H10ClNO5S/c14-10-2-1-3-11-8(10)4-6-15(11)21(18,19)13-9(12(16)17)5-7-20-13/h1-3,5,7H,4,6H2,(H,16,17). The summed E-state index contributed by atoms with van der Waals surface area (Å²) in [6, 6.07) is 6.08. The molecule has 1 aromatic heterocycles. The van der Waals surface area contributed by atoms with Crippen molar-refractivity contribution in [2.75, 3.05) is 10.8 Å². The van der Waals surface area contributed by atoms with Crippen LogP contribution in [0.4, 0.5) is 5.69 Å². The molecular weight excluding hydrogens is 318 g/mol. The maximum Gasteiger partial charge on any atom is 0.340 e. The van der Waals surface area contributed by atoms with E-state index in [1.807, 2.05) is 0 Å². The summed E-state index contributed by atoms with van der Waals surface area (Å²) in [5.41, 5.74) is 0.798. The Kier molecular flexibility index (Phi) is 3.18. The number of furan rings is 1. The quantitative estimate of drug-likeness (QED) is 0.935. The number of aromatic carboxylic acids is 1. The van der Waals surface area contributed by atoms with Crippen LogP contribution in [0.3, 0.4) is 0 Å². The van der Waals surface area contributed by atoms with Crippen LogP contribution in [-0.2, 0) is 16.4 Å². The molecule has 0 radical (unpaired) electrons. The lowest BCUT2D eigenvalue weighted by atomic mass is 10.2. The molecule has 0 saturated carbocycles. The minimum Gasteiger partial charge on any atom is -0.478 e. The number of carboxylic acid groups (broad SMARTS) is 1. The molecule has 6 nitrogen and oxygen atoms in total. The van der Waals surface area contributed by atoms with Crippen molar-refractivity contribution in [3.63, 3.8) is 0 Å². The van der Waals surface area contributed by atoms with Gasteiger partial charge in [-0.1, -0.05) is 17.7 Å². The van der Waals surface area contributed by atoms with Crippen LogP contribution in [0, 0.1) is 0 Å². The molecule has 0 aliphatic carbocycles. The highest BCUT2D eigenvalue weighted by Gasteiger charge is 2.36. The summed E-state index contributed by atoms with van der Waals surface area (Å²) in [4.78, 5) is 11.1. The Morgan fingerprint density at radius 1 is 1.33 bits per heavy atom. The number of hydrogen-bond donors (Lipinski definition) is 1. The molecule has 0 atom stereocenters. The van der Waals surface area contributed by atoms with E-state index in [1.54, 1.807) is 18.2 Å². The van der Waals surface area contributed by atoms with Gasteiger partial charge in [0.15, 0.2) is 0 Å². The molecule has 0 amide bonds. The normalized spacial score (nSPS) is 14.2. The van der Waals surface area contributed by atoms with Gasteiger partial charge in [-0.05, 0) is 30.2 Å². The Hall–Kier alpha value is -1.99. The summed E-state index contributed by atoms with van der Waals surface area (Å²) in [6.07, 6.45) is 1.52. The van der Waals surface area contributed by atoms with Crippen LogP contribution in [0.25, 0.3) is 0 Å². The Bertz CT molecular complexity index is 827. The molecule has 0 saturated heterocycles. The first-order valence-corrected chi connectivity index (χ1v) is 7.85. The SMILES string of the molecule is O=C(O)c1ccoc1S(=O)(=O)N1CCc2c(Cl)cccc21. The molecule has 0 fully saturated rings. The highest BCUT2D eigenvalue weighted by molar-refractivity contribution is 7.92. The number of hydrogen-bond acceptors (Lipinski definition) is 4. The van der Waals surface area contributed by atoms with E-state index in [9.17, 15) is 13.2 Å². The fraction of sp³-hybridized carbons (Fsp3) is 0.154. The van der Waals surface area contributed by atoms with Gasteiger partial charge in [0.1, 0.15) is 5.56 Å². The van der Waals surface area contributed by atoms with Crippen LogP contribution in [0.15, 0.2) is 40.0 Å². The van der Waals surface area contributed by atoms with Gasteiger partial charge in [-0.25, -0.2) is 4.79 Å². The summed E-state index contributed by atoms with van der Waals surface area (Å²) in [6.45, 7) is 0.196. The zero-order valence-electron chi connectivity index (χ0n) is 10.6. The molecule has 1 aromatic carbocycles. The Morgan fingerprint density at radius 2 is 2.10 bits per heavy atom. The molecule has 0 bridgehead atoms. The fourth-order valence-electron chi connectivity index (χ4n) is 2.37. The van der Waals surface area contributed by atoms with Gasteiger partial charge in [-0.15, -0.1) is 0 Å². The number of fused-ring (bicyclic) bond motifs is 1. The zero-order chi connectivity index (χ0) is 15.2. The number of carbonyl (C=O) groups is 1. The van der Waals surface area contributed by atoms with Crippen molar-refractivity contribution >= 4 is 33.3 Å². The highest BCUT2D eigenvalue weighted by Crippen LogP contribution is 2.37. The lowest BCUT2D eigenvalue weighted by molar-refractivity contribution is 0.0689. The van der Waals surface area contributed by atoms with E-state index in [1.165, 1.54) is 0 Å². The largest absolute Gasteiger partial charge is 0.478 e. The highest BCUT2D eigenvalue weighted by atomic mass is 35.5. The average molecular weight is 328 g/mol. The summed E-state index contributed by atoms with van der Waals surface area (Å²) in [7, 11) is -4.07. The van der Waals surface area contributed by atoms with Crippen LogP contribution in [0.1, 0.15) is 15.9 Å². The van der Waals surface area contributed by atoms with Gasteiger partial charge in [0, 0.05) is 11.6 Å². The van der Waals surface area contributed by atoms with Crippen LogP contribution >= 0.6 is 11.6 Å². The third-order valence-corrected chi connectivity index (χ3v) is 5.41. The smallest absolute Gasteiger partial charge is 0.340 e. The van der Waals surface area contributed by atoms with Crippen molar-refractivity contribution in [2.45, 2.75) is 11.5 Å². The molecule has 1 aliphatic rings. The summed E-state index contributed by atoms with van der Waals surface area (Å²) in [5, 5.41) is 8.96. The van der Waals surface area contributed by atoms with Gasteiger partial charge in [0.05, 0.1) is 12.0 Å². The Morgan fingerprint density at radius 3 is 2.81 bits per heavy atom. The van der Waals surface area contributed by atoms with E-state index in [0.717, 1.165) is 22.2 Å². The second kappa shape index (κ2) is 4.78. The lowest BCUT2D eigenvalue weighted by Crippen LogP contribution is -2.29. The Labute approximate surface area is 125 Å². The summed E-state index contributed by atoms with van der Waals surface area (Å²) in [5.74, 6) is -1.35. The predicted molar refractivity (Wildman–Crippen MR) is 75.4 cm³/mol. The van der Waals surface area contributed by atoms with Gasteiger partial charge < -0.3 is 9.52 Å². The van der Waals surface area contributed by atoms with Crippen LogP contribution in [0.5, 0.6) is 0 Å². The lowest BCUT2D eigenvalue weighted by Gasteiger charge is -2.18. The van der Waals surface area contributed by atoms with Crippen molar-refractivity contribution in [2.24, 2.45) is 0 Å². The molecule has 1 aliphatic heterocycles. The first kappa shape index (κ1) is 14.0. The molecular formula is C13H10ClNO5S. The maximum absolute atomic E-state index is 12.6. The van der Waals surface area contributed by atoms with Crippen molar-refractivity contribution in [3.8, 4) is 0 Å². The van der Waals surface area contributed by atoms with E-state index in [2.05, 4.69) is 0 Å². The summed E-state index contributed by atoms with van der Waals surface area (Å²) >= 11 is 6.05. The number of rotatable bonds is 3. The number of anilines is 1. The minimum atomic E-state index is -4.07. The fourth-order valence-corrected chi connectivity index (χ4v) is 4.20. The van der Waals surface area contributed by atoms with Crippen molar-refractivity contribution < 1.29 is 22.7 Å². The monoisotopic (exact) mass is 327 g/mol. The molecule has 21 heavy (non-hydrogen) atoms. The maximum atomic E-state index is 12.6. The number of halogens is 1. The van der Waals surface area contributed by atoms with Gasteiger partial charge in [-0.2, -0.15) is 8.42 Å². The van der Waals surface area contributed by atoms with E-state index < -0.39 is 21.1 Å². The van der Waals surface area contributed by atoms with Crippen LogP contribution < -0.4 is 4.31 Å². The predicted octanol–water partition coefficient (Wildman–Crippen LogP) is 2.38.